The summed E-state index contributed by atoms with van der Waals surface area (Å²) in [5, 5.41) is 2.58. The van der Waals surface area contributed by atoms with Gasteiger partial charge in [0, 0.05) is 24.8 Å². The van der Waals surface area contributed by atoms with Crippen LogP contribution in [0.25, 0.3) is 0 Å². The van der Waals surface area contributed by atoms with Gasteiger partial charge in [-0.15, -0.1) is 0 Å². The molecule has 1 aliphatic rings. The van der Waals surface area contributed by atoms with E-state index in [-0.39, 0.29) is 11.9 Å². The Hall–Kier alpha value is -0.800. The third-order valence-electron chi connectivity index (χ3n) is 3.65. The molecular weight excluding hydrogens is 352 g/mol. The fourth-order valence-electron chi connectivity index (χ4n) is 2.71. The number of amides is 2. The number of rotatable bonds is 10. The Morgan fingerprint density at radius 1 is 1.50 bits per heavy atom. The zero-order chi connectivity index (χ0) is 18.4. The molecule has 0 aromatic rings. The summed E-state index contributed by atoms with van der Waals surface area (Å²) >= 11 is 1.72. The van der Waals surface area contributed by atoms with Crippen LogP contribution in [-0.2, 0) is 19.7 Å². The summed E-state index contributed by atoms with van der Waals surface area (Å²) in [4.78, 5) is 25.8. The maximum Gasteiger partial charge on any atom is 0.267 e. The molecule has 1 heterocycles. The molecule has 1 radical (unpaired) electrons. The van der Waals surface area contributed by atoms with Gasteiger partial charge in [0.15, 0.2) is 0 Å². The van der Waals surface area contributed by atoms with Gasteiger partial charge >= 0.3 is 0 Å². The van der Waals surface area contributed by atoms with Gasteiger partial charge in [-0.2, -0.15) is 20.2 Å². The lowest BCUT2D eigenvalue weighted by Gasteiger charge is -2.28. The van der Waals surface area contributed by atoms with Gasteiger partial charge in [0.25, 0.3) is 10.1 Å². The molecule has 1 atom stereocenters. The van der Waals surface area contributed by atoms with Crippen LogP contribution in [0.1, 0.15) is 40.0 Å². The Morgan fingerprint density at radius 2 is 2.17 bits per heavy atom. The van der Waals surface area contributed by atoms with E-state index in [9.17, 15) is 18.0 Å². The molecule has 1 unspecified atom stereocenters. The molecule has 0 aliphatic carbocycles. The highest BCUT2D eigenvalue weighted by Gasteiger charge is 2.30. The second-order valence-electron chi connectivity index (χ2n) is 6.54. The first-order valence-electron chi connectivity index (χ1n) is 8.02. The van der Waals surface area contributed by atoms with E-state index in [2.05, 4.69) is 5.32 Å². The van der Waals surface area contributed by atoms with Crippen molar-refractivity contribution >= 4 is 33.7 Å². The van der Waals surface area contributed by atoms with Crippen LogP contribution >= 0.6 is 11.8 Å². The molecule has 9 heteroatoms. The molecule has 0 aromatic heterocycles. The van der Waals surface area contributed by atoms with Gasteiger partial charge in [-0.3, -0.25) is 14.1 Å². The predicted molar refractivity (Wildman–Crippen MR) is 95.3 cm³/mol. The maximum absolute atomic E-state index is 12.1. The standard InChI is InChI=1S/C15H27N2O5S2/c1-4-23-10-12(17-9-5-6-14(17)19)7-8-13(18)16-15(2,3)11-24(20,21)22/h8,12H,4-7,9-11H2,1-3H3,(H,16,18)(H,20,21,22). The second-order valence-corrected chi connectivity index (χ2v) is 9.31. The monoisotopic (exact) mass is 379 g/mol. The van der Waals surface area contributed by atoms with E-state index in [4.69, 9.17) is 4.55 Å². The number of likely N-dealkylation sites (tertiary alicyclic amines) is 1. The van der Waals surface area contributed by atoms with E-state index in [1.807, 2.05) is 11.8 Å². The highest BCUT2D eigenvalue weighted by Crippen LogP contribution is 2.20. The van der Waals surface area contributed by atoms with Crippen molar-refractivity contribution in [1.82, 2.24) is 10.2 Å². The van der Waals surface area contributed by atoms with Gasteiger partial charge in [-0.25, -0.2) is 0 Å². The summed E-state index contributed by atoms with van der Waals surface area (Å²) in [6.45, 7) is 5.82. The fourth-order valence-corrected chi connectivity index (χ4v) is 4.52. The average molecular weight is 380 g/mol. The summed E-state index contributed by atoms with van der Waals surface area (Å²) in [7, 11) is -4.18. The molecule has 0 bridgehead atoms. The number of hydrogen-bond donors (Lipinski definition) is 2. The quantitative estimate of drug-likeness (QED) is 0.551. The topological polar surface area (TPSA) is 104 Å². The van der Waals surface area contributed by atoms with Crippen LogP contribution in [0.2, 0.25) is 0 Å². The lowest BCUT2D eigenvalue weighted by molar-refractivity contribution is -0.129. The Bertz CT molecular complexity index is 548. The van der Waals surface area contributed by atoms with Crippen LogP contribution in [0.5, 0.6) is 0 Å². The minimum absolute atomic E-state index is 0.0274. The predicted octanol–water partition coefficient (Wildman–Crippen LogP) is 1.11. The summed E-state index contributed by atoms with van der Waals surface area (Å²) < 4.78 is 30.9. The molecular formula is C15H27N2O5S2. The van der Waals surface area contributed by atoms with Crippen molar-refractivity contribution in [3.05, 3.63) is 6.42 Å². The van der Waals surface area contributed by atoms with Crippen molar-refractivity contribution in [2.24, 2.45) is 0 Å². The van der Waals surface area contributed by atoms with Crippen molar-refractivity contribution in [1.29, 1.82) is 0 Å². The van der Waals surface area contributed by atoms with Crippen LogP contribution in [0.4, 0.5) is 0 Å². The maximum atomic E-state index is 12.1. The molecule has 0 aromatic carbocycles. The van der Waals surface area contributed by atoms with Crippen molar-refractivity contribution in [2.75, 3.05) is 23.8 Å². The van der Waals surface area contributed by atoms with E-state index < -0.39 is 27.3 Å². The van der Waals surface area contributed by atoms with Crippen molar-refractivity contribution < 1.29 is 22.6 Å². The summed E-state index contributed by atoms with van der Waals surface area (Å²) in [5.41, 5.74) is -1.07. The van der Waals surface area contributed by atoms with Crippen LogP contribution in [0.15, 0.2) is 0 Å². The summed E-state index contributed by atoms with van der Waals surface area (Å²) in [6, 6.07) is -0.0274. The zero-order valence-corrected chi connectivity index (χ0v) is 16.1. The third-order valence-corrected chi connectivity index (χ3v) is 5.76. The van der Waals surface area contributed by atoms with Gasteiger partial charge in [-0.05, 0) is 32.4 Å². The number of thioether (sulfide) groups is 1. The van der Waals surface area contributed by atoms with Gasteiger partial charge in [0.2, 0.25) is 11.8 Å². The highest BCUT2D eigenvalue weighted by atomic mass is 32.2. The van der Waals surface area contributed by atoms with E-state index in [0.29, 0.717) is 12.8 Å². The Labute approximate surface area is 148 Å². The van der Waals surface area contributed by atoms with Crippen molar-refractivity contribution in [3.8, 4) is 0 Å². The Kier molecular flexibility index (Phi) is 8.01. The first-order chi connectivity index (χ1) is 11.0. The Morgan fingerprint density at radius 3 is 2.67 bits per heavy atom. The molecule has 24 heavy (non-hydrogen) atoms. The number of nitrogens with one attached hydrogen (secondary N) is 1. The molecule has 139 valence electrons. The highest BCUT2D eigenvalue weighted by molar-refractivity contribution is 7.99. The van der Waals surface area contributed by atoms with Gasteiger partial charge < -0.3 is 10.2 Å². The molecule has 1 fully saturated rings. The minimum atomic E-state index is -4.18. The van der Waals surface area contributed by atoms with E-state index in [1.165, 1.54) is 20.3 Å². The smallest absolute Gasteiger partial charge is 0.267 e. The van der Waals surface area contributed by atoms with Crippen molar-refractivity contribution in [2.45, 2.75) is 51.6 Å². The Balaban J connectivity index is 2.56. The lowest BCUT2D eigenvalue weighted by atomic mass is 10.1. The largest absolute Gasteiger partial charge is 0.350 e. The van der Waals surface area contributed by atoms with Gasteiger partial charge in [0.05, 0.1) is 17.7 Å². The molecule has 7 nitrogen and oxygen atoms in total. The fraction of sp³-hybridized carbons (Fsp3) is 0.800. The zero-order valence-electron chi connectivity index (χ0n) is 14.4. The van der Waals surface area contributed by atoms with Gasteiger partial charge in [0.1, 0.15) is 0 Å². The number of hydrogen-bond acceptors (Lipinski definition) is 5. The SMILES string of the molecule is CCSCC(C[CH]C(=O)NC(C)(C)CS(=O)(=O)O)N1CCCC1=O. The molecule has 1 rings (SSSR count). The molecule has 2 N–H and O–H groups in total. The summed E-state index contributed by atoms with van der Waals surface area (Å²) in [6.07, 6.45) is 3.28. The summed E-state index contributed by atoms with van der Waals surface area (Å²) in [5.74, 6) is 0.866. The average Bonchev–Trinajstić information content (AvgIpc) is 2.81. The number of carbonyl (C=O) groups excluding carboxylic acids is 2. The molecule has 0 saturated carbocycles. The lowest BCUT2D eigenvalue weighted by Crippen LogP contribution is -2.49. The molecule has 2 amide bonds. The van der Waals surface area contributed by atoms with Crippen LogP contribution in [0.3, 0.4) is 0 Å². The third kappa shape index (κ3) is 7.85. The minimum Gasteiger partial charge on any atom is -0.350 e. The van der Waals surface area contributed by atoms with Crippen LogP contribution in [0, 0.1) is 6.42 Å². The van der Waals surface area contributed by atoms with E-state index in [1.54, 1.807) is 11.8 Å². The van der Waals surface area contributed by atoms with Gasteiger partial charge in [-0.1, -0.05) is 6.92 Å². The first kappa shape index (κ1) is 21.2. The number of carbonyl (C=O) groups is 2. The normalized spacial score (nSPS) is 17.2. The molecule has 0 spiro atoms. The second kappa shape index (κ2) is 9.05. The molecule has 1 saturated heterocycles. The number of nitrogens with zero attached hydrogens (tertiary/aromatic N) is 1. The van der Waals surface area contributed by atoms with Crippen LogP contribution in [-0.4, -0.2) is 65.1 Å². The van der Waals surface area contributed by atoms with E-state index >= 15 is 0 Å². The molecule has 1 aliphatic heterocycles. The van der Waals surface area contributed by atoms with Crippen LogP contribution < -0.4 is 5.32 Å². The van der Waals surface area contributed by atoms with E-state index in [0.717, 1.165) is 24.5 Å². The van der Waals surface area contributed by atoms with Crippen molar-refractivity contribution in [3.63, 3.8) is 0 Å². The first-order valence-corrected chi connectivity index (χ1v) is 10.8.